The first-order valence-corrected chi connectivity index (χ1v) is 10.8. The summed E-state index contributed by atoms with van der Waals surface area (Å²) in [6.07, 6.45) is 0.584. The van der Waals surface area contributed by atoms with Crippen LogP contribution in [-0.4, -0.2) is 58.8 Å². The van der Waals surface area contributed by atoms with Gasteiger partial charge in [-0.3, -0.25) is 0 Å². The van der Waals surface area contributed by atoms with Crippen LogP contribution < -0.4 is 10.5 Å². The number of nitrogens with one attached hydrogen (secondary N) is 1. The van der Waals surface area contributed by atoms with Gasteiger partial charge in [0.1, 0.15) is 0 Å². The van der Waals surface area contributed by atoms with Crippen LogP contribution in [0.3, 0.4) is 0 Å². The van der Waals surface area contributed by atoms with Crippen LogP contribution in [0.25, 0.3) is 0 Å². The summed E-state index contributed by atoms with van der Waals surface area (Å²) in [7, 11) is -6.95. The predicted molar refractivity (Wildman–Crippen MR) is 99.3 cm³/mol. The summed E-state index contributed by atoms with van der Waals surface area (Å²) in [6, 6.07) is 9.57. The Morgan fingerprint density at radius 3 is 2.25 bits per heavy atom. The molecule has 1 rings (SSSR count). The van der Waals surface area contributed by atoms with Crippen molar-refractivity contribution in [3.63, 3.8) is 0 Å². The van der Waals surface area contributed by atoms with Gasteiger partial charge in [0, 0.05) is 26.2 Å². The molecule has 3 N–H and O–H groups in total. The van der Waals surface area contributed by atoms with Crippen molar-refractivity contribution in [1.29, 1.82) is 0 Å². The molecule has 0 aromatic heterocycles. The fourth-order valence-electron chi connectivity index (χ4n) is 1.99. The number of benzene rings is 1. The average Bonchev–Trinajstić information content (AvgIpc) is 2.52. The largest absolute Gasteiger partial charge is 0.329 e. The highest BCUT2D eigenvalue weighted by Crippen LogP contribution is 2.06. The van der Waals surface area contributed by atoms with Crippen LogP contribution in [0.4, 0.5) is 0 Å². The highest BCUT2D eigenvalue weighted by molar-refractivity contribution is 7.90. The van der Waals surface area contributed by atoms with Gasteiger partial charge in [0.15, 0.2) is 0 Å². The van der Waals surface area contributed by atoms with Gasteiger partial charge < -0.3 is 5.73 Å². The van der Waals surface area contributed by atoms with E-state index >= 15 is 0 Å². The maximum Gasteiger partial charge on any atom is 0.215 e. The lowest BCUT2D eigenvalue weighted by molar-refractivity contribution is 0.421. The number of rotatable bonds is 11. The van der Waals surface area contributed by atoms with Gasteiger partial charge in [-0.2, -0.15) is 0 Å². The van der Waals surface area contributed by atoms with Gasteiger partial charge >= 0.3 is 0 Å². The Balaban J connectivity index is 0.00000529. The van der Waals surface area contributed by atoms with Crippen molar-refractivity contribution in [3.05, 3.63) is 35.9 Å². The van der Waals surface area contributed by atoms with Crippen molar-refractivity contribution >= 4 is 32.5 Å². The van der Waals surface area contributed by atoms with Crippen LogP contribution in [-0.2, 0) is 26.5 Å². The van der Waals surface area contributed by atoms with E-state index in [0.29, 0.717) is 13.0 Å². The van der Waals surface area contributed by atoms with Crippen molar-refractivity contribution in [3.8, 4) is 0 Å². The molecule has 0 aliphatic carbocycles. The highest BCUT2D eigenvalue weighted by Gasteiger charge is 2.21. The van der Waals surface area contributed by atoms with Gasteiger partial charge in [0.05, 0.1) is 11.5 Å². The van der Waals surface area contributed by atoms with Crippen molar-refractivity contribution < 1.29 is 16.8 Å². The van der Waals surface area contributed by atoms with Gasteiger partial charge in [-0.1, -0.05) is 30.3 Å². The highest BCUT2D eigenvalue weighted by atomic mass is 35.5. The van der Waals surface area contributed by atoms with Gasteiger partial charge in [-0.05, 0) is 18.9 Å². The third-order valence-electron chi connectivity index (χ3n) is 3.33. The minimum absolute atomic E-state index is 0. The Kier molecular flexibility index (Phi) is 10.7. The Labute approximate surface area is 151 Å². The van der Waals surface area contributed by atoms with E-state index in [-0.39, 0.29) is 43.5 Å². The summed E-state index contributed by atoms with van der Waals surface area (Å²) in [5, 5.41) is 0. The van der Waals surface area contributed by atoms with Gasteiger partial charge in [-0.15, -0.1) is 12.4 Å². The zero-order valence-corrected chi connectivity index (χ0v) is 16.2. The van der Waals surface area contributed by atoms with E-state index in [0.717, 1.165) is 5.56 Å². The van der Waals surface area contributed by atoms with E-state index in [1.54, 1.807) is 0 Å². The standard InChI is InChI=1S/C14H25N3O4S2.ClH/c1-2-22(18,19)16-10-13-23(20,21)17(12-9-15)11-8-14-6-4-3-5-7-14;/h3-7,16H,2,8-13,15H2,1H3;1H. The number of nitrogens with two attached hydrogens (primary N) is 1. The molecule has 0 saturated carbocycles. The molecule has 7 nitrogen and oxygen atoms in total. The molecule has 0 saturated heterocycles. The fourth-order valence-corrected chi connectivity index (χ4v) is 4.11. The Morgan fingerprint density at radius 1 is 1.08 bits per heavy atom. The molecule has 0 radical (unpaired) electrons. The van der Waals surface area contributed by atoms with Gasteiger partial charge in [0.25, 0.3) is 0 Å². The van der Waals surface area contributed by atoms with E-state index in [2.05, 4.69) is 4.72 Å². The van der Waals surface area contributed by atoms with E-state index in [1.165, 1.54) is 11.2 Å². The van der Waals surface area contributed by atoms with E-state index in [9.17, 15) is 16.8 Å². The first-order valence-electron chi connectivity index (χ1n) is 7.50. The zero-order chi connectivity index (χ0) is 17.3. The van der Waals surface area contributed by atoms with Crippen LogP contribution in [0.2, 0.25) is 0 Å². The van der Waals surface area contributed by atoms with E-state index in [4.69, 9.17) is 5.73 Å². The van der Waals surface area contributed by atoms with Crippen LogP contribution in [0.1, 0.15) is 12.5 Å². The number of halogens is 1. The van der Waals surface area contributed by atoms with Crippen molar-refractivity contribution in [2.24, 2.45) is 5.73 Å². The molecule has 0 fully saturated rings. The lowest BCUT2D eigenvalue weighted by Gasteiger charge is -2.21. The quantitative estimate of drug-likeness (QED) is 0.551. The first-order chi connectivity index (χ1) is 10.8. The topological polar surface area (TPSA) is 110 Å². The van der Waals surface area contributed by atoms with E-state index in [1.807, 2.05) is 30.3 Å². The Morgan fingerprint density at radius 2 is 1.71 bits per heavy atom. The second-order valence-electron chi connectivity index (χ2n) is 5.04. The molecule has 0 amide bonds. The smallest absolute Gasteiger partial charge is 0.215 e. The fraction of sp³-hybridized carbons (Fsp3) is 0.571. The predicted octanol–water partition coefficient (Wildman–Crippen LogP) is 0.181. The minimum atomic E-state index is -3.56. The Bertz CT molecular complexity index is 667. The molecule has 0 heterocycles. The monoisotopic (exact) mass is 399 g/mol. The van der Waals surface area contributed by atoms with Crippen molar-refractivity contribution in [2.75, 3.05) is 37.7 Å². The normalized spacial score (nSPS) is 12.1. The van der Waals surface area contributed by atoms with Crippen LogP contribution in [0.5, 0.6) is 0 Å². The van der Waals surface area contributed by atoms with Gasteiger partial charge in [0.2, 0.25) is 20.0 Å². The molecule has 0 aliphatic heterocycles. The summed E-state index contributed by atoms with van der Waals surface area (Å²) in [5.74, 6) is -0.353. The van der Waals surface area contributed by atoms with Crippen LogP contribution in [0.15, 0.2) is 30.3 Å². The maximum absolute atomic E-state index is 12.4. The molecule has 24 heavy (non-hydrogen) atoms. The Hall–Kier alpha value is -0.710. The third-order valence-corrected chi connectivity index (χ3v) is 6.60. The maximum atomic E-state index is 12.4. The average molecular weight is 400 g/mol. The van der Waals surface area contributed by atoms with Crippen LogP contribution >= 0.6 is 12.4 Å². The molecule has 1 aromatic carbocycles. The lowest BCUT2D eigenvalue weighted by atomic mass is 10.1. The summed E-state index contributed by atoms with van der Waals surface area (Å²) in [6.45, 7) is 2.12. The number of sulfonamides is 2. The minimum Gasteiger partial charge on any atom is -0.329 e. The van der Waals surface area contributed by atoms with Crippen molar-refractivity contribution in [2.45, 2.75) is 13.3 Å². The first kappa shape index (κ1) is 23.3. The van der Waals surface area contributed by atoms with E-state index < -0.39 is 20.0 Å². The summed E-state index contributed by atoms with van der Waals surface area (Å²) in [5.41, 5.74) is 6.54. The van der Waals surface area contributed by atoms with Gasteiger partial charge in [-0.25, -0.2) is 25.9 Å². The molecule has 0 spiro atoms. The zero-order valence-electron chi connectivity index (χ0n) is 13.7. The second-order valence-corrected chi connectivity index (χ2v) is 9.22. The number of nitrogens with zero attached hydrogens (tertiary/aromatic N) is 1. The molecule has 0 aliphatic rings. The molecule has 0 bridgehead atoms. The molecule has 10 heteroatoms. The lowest BCUT2D eigenvalue weighted by Crippen LogP contribution is -2.41. The second kappa shape index (κ2) is 11.0. The molecule has 1 aromatic rings. The summed E-state index contributed by atoms with van der Waals surface area (Å²) >= 11 is 0. The molecule has 140 valence electrons. The number of hydrogen-bond donors (Lipinski definition) is 2. The number of hydrogen-bond acceptors (Lipinski definition) is 5. The SMILES string of the molecule is CCS(=O)(=O)NCCS(=O)(=O)N(CCN)CCc1ccccc1.Cl. The molecule has 0 atom stereocenters. The third kappa shape index (κ3) is 8.41. The molecular weight excluding hydrogens is 374 g/mol. The summed E-state index contributed by atoms with van der Waals surface area (Å²) in [4.78, 5) is 0. The molecule has 0 unspecified atom stereocenters. The van der Waals surface area contributed by atoms with Crippen LogP contribution in [0, 0.1) is 0 Å². The molecular formula is C14H26ClN3O4S2. The van der Waals surface area contributed by atoms with Crippen molar-refractivity contribution in [1.82, 2.24) is 9.03 Å². The summed E-state index contributed by atoms with van der Waals surface area (Å²) < 4.78 is 51.0.